The van der Waals surface area contributed by atoms with E-state index in [0.717, 1.165) is 6.33 Å². The van der Waals surface area contributed by atoms with E-state index in [1.165, 1.54) is 0 Å². The number of rotatable bonds is 4. The Balaban J connectivity index is 3.07. The highest BCUT2D eigenvalue weighted by Gasteiger charge is 2.19. The van der Waals surface area contributed by atoms with Gasteiger partial charge >= 0.3 is 5.69 Å². The number of nitrogens with one attached hydrogen (secondary N) is 1. The lowest BCUT2D eigenvalue weighted by Gasteiger charge is -2.03. The number of anilines is 2. The molecule has 14 heavy (non-hydrogen) atoms. The Morgan fingerprint density at radius 3 is 3.00 bits per heavy atom. The molecular formula is C7H9N5O2. The van der Waals surface area contributed by atoms with Crippen LogP contribution in [-0.2, 0) is 0 Å². The lowest BCUT2D eigenvalue weighted by atomic mass is 10.4. The van der Waals surface area contributed by atoms with Gasteiger partial charge in [0, 0.05) is 6.54 Å². The average molecular weight is 195 g/mol. The smallest absolute Gasteiger partial charge is 0.352 e. The standard InChI is InChI=1S/C7H9N5O2/c1-2-3-9-7-5(12(13)14)6(8)10-4-11-7/h2,4H,1,3H2,(H3,8,9,10,11). The fourth-order valence-electron chi connectivity index (χ4n) is 0.871. The summed E-state index contributed by atoms with van der Waals surface area (Å²) in [6.07, 6.45) is 2.72. The van der Waals surface area contributed by atoms with Crippen LogP contribution in [0.5, 0.6) is 0 Å². The molecule has 3 N–H and O–H groups in total. The molecular weight excluding hydrogens is 186 g/mol. The fraction of sp³-hybridized carbons (Fsp3) is 0.143. The topological polar surface area (TPSA) is 107 Å². The zero-order chi connectivity index (χ0) is 10.6. The lowest BCUT2D eigenvalue weighted by Crippen LogP contribution is -2.07. The van der Waals surface area contributed by atoms with Gasteiger partial charge in [0.05, 0.1) is 4.92 Å². The molecule has 0 spiro atoms. The molecule has 0 saturated heterocycles. The predicted molar refractivity (Wildman–Crippen MR) is 51.8 cm³/mol. The van der Waals surface area contributed by atoms with Gasteiger partial charge in [-0.2, -0.15) is 0 Å². The quantitative estimate of drug-likeness (QED) is 0.413. The van der Waals surface area contributed by atoms with Gasteiger partial charge in [-0.15, -0.1) is 6.58 Å². The molecule has 0 aromatic carbocycles. The van der Waals surface area contributed by atoms with Crippen molar-refractivity contribution in [1.29, 1.82) is 0 Å². The largest absolute Gasteiger partial charge is 0.378 e. The third-order valence-corrected chi connectivity index (χ3v) is 1.45. The van der Waals surface area contributed by atoms with Gasteiger partial charge in [-0.1, -0.05) is 6.08 Å². The number of nitrogens with two attached hydrogens (primary N) is 1. The van der Waals surface area contributed by atoms with Crippen LogP contribution in [0.2, 0.25) is 0 Å². The summed E-state index contributed by atoms with van der Waals surface area (Å²) in [5.74, 6) is -0.0565. The number of nitro groups is 1. The van der Waals surface area contributed by atoms with Crippen LogP contribution in [0.1, 0.15) is 0 Å². The van der Waals surface area contributed by atoms with Crippen LogP contribution >= 0.6 is 0 Å². The van der Waals surface area contributed by atoms with E-state index in [9.17, 15) is 10.1 Å². The zero-order valence-corrected chi connectivity index (χ0v) is 7.30. The molecule has 0 saturated carbocycles. The first kappa shape index (κ1) is 9.90. The second kappa shape index (κ2) is 4.17. The highest BCUT2D eigenvalue weighted by Crippen LogP contribution is 2.25. The molecule has 0 atom stereocenters. The third-order valence-electron chi connectivity index (χ3n) is 1.45. The third kappa shape index (κ3) is 1.94. The summed E-state index contributed by atoms with van der Waals surface area (Å²) in [4.78, 5) is 17.2. The van der Waals surface area contributed by atoms with Crippen molar-refractivity contribution in [3.05, 3.63) is 29.1 Å². The van der Waals surface area contributed by atoms with E-state index < -0.39 is 4.92 Å². The van der Waals surface area contributed by atoms with E-state index >= 15 is 0 Å². The summed E-state index contributed by atoms with van der Waals surface area (Å²) in [7, 11) is 0. The zero-order valence-electron chi connectivity index (χ0n) is 7.30. The van der Waals surface area contributed by atoms with Crippen molar-refractivity contribution >= 4 is 17.3 Å². The van der Waals surface area contributed by atoms with E-state index in [4.69, 9.17) is 5.73 Å². The molecule has 0 amide bonds. The first-order chi connectivity index (χ1) is 6.66. The Labute approximate surface area is 79.8 Å². The minimum atomic E-state index is -0.624. The SMILES string of the molecule is C=CCNc1ncnc(N)c1[N+](=O)[O-]. The first-order valence-corrected chi connectivity index (χ1v) is 3.76. The number of nitrogens with zero attached hydrogens (tertiary/aromatic N) is 3. The number of hydrogen-bond acceptors (Lipinski definition) is 6. The van der Waals surface area contributed by atoms with Gasteiger partial charge < -0.3 is 11.1 Å². The molecule has 0 fully saturated rings. The maximum atomic E-state index is 10.6. The maximum absolute atomic E-state index is 10.6. The molecule has 1 heterocycles. The second-order valence-corrected chi connectivity index (χ2v) is 2.38. The van der Waals surface area contributed by atoms with Crippen LogP contribution < -0.4 is 11.1 Å². The summed E-state index contributed by atoms with van der Waals surface area (Å²) in [5, 5.41) is 13.3. The fourth-order valence-corrected chi connectivity index (χ4v) is 0.871. The van der Waals surface area contributed by atoms with Crippen molar-refractivity contribution in [3.8, 4) is 0 Å². The van der Waals surface area contributed by atoms with Crippen molar-refractivity contribution in [2.75, 3.05) is 17.6 Å². The number of nitrogen functional groups attached to an aromatic ring is 1. The van der Waals surface area contributed by atoms with Crippen LogP contribution in [0.25, 0.3) is 0 Å². The Morgan fingerprint density at radius 1 is 1.71 bits per heavy atom. The van der Waals surface area contributed by atoms with Crippen LogP contribution in [0.3, 0.4) is 0 Å². The summed E-state index contributed by atoms with van der Waals surface area (Å²) in [6.45, 7) is 3.84. The average Bonchev–Trinajstić information content (AvgIpc) is 2.14. The van der Waals surface area contributed by atoms with Gasteiger partial charge in [-0.25, -0.2) is 9.97 Å². The molecule has 0 aliphatic carbocycles. The molecule has 7 heteroatoms. The monoisotopic (exact) mass is 195 g/mol. The highest BCUT2D eigenvalue weighted by molar-refractivity contribution is 5.67. The van der Waals surface area contributed by atoms with E-state index in [1.54, 1.807) is 6.08 Å². The van der Waals surface area contributed by atoms with E-state index in [0.29, 0.717) is 6.54 Å². The molecule has 0 aliphatic heterocycles. The predicted octanol–water partition coefficient (Wildman–Crippen LogP) is 0.565. The van der Waals surface area contributed by atoms with Gasteiger partial charge in [-0.05, 0) is 0 Å². The van der Waals surface area contributed by atoms with Crippen LogP contribution in [0.4, 0.5) is 17.3 Å². The highest BCUT2D eigenvalue weighted by atomic mass is 16.6. The number of aromatic nitrogens is 2. The van der Waals surface area contributed by atoms with Gasteiger partial charge in [0.15, 0.2) is 0 Å². The molecule has 74 valence electrons. The molecule has 0 aliphatic rings. The summed E-state index contributed by atoms with van der Waals surface area (Å²) >= 11 is 0. The van der Waals surface area contributed by atoms with Crippen molar-refractivity contribution in [1.82, 2.24) is 9.97 Å². The van der Waals surface area contributed by atoms with Gasteiger partial charge in [0.2, 0.25) is 11.6 Å². The van der Waals surface area contributed by atoms with Crippen LogP contribution in [-0.4, -0.2) is 21.4 Å². The lowest BCUT2D eigenvalue weighted by molar-refractivity contribution is -0.383. The summed E-state index contributed by atoms with van der Waals surface area (Å²) < 4.78 is 0. The molecule has 7 nitrogen and oxygen atoms in total. The first-order valence-electron chi connectivity index (χ1n) is 3.76. The van der Waals surface area contributed by atoms with Crippen LogP contribution in [0.15, 0.2) is 19.0 Å². The van der Waals surface area contributed by atoms with E-state index in [2.05, 4.69) is 21.9 Å². The van der Waals surface area contributed by atoms with E-state index in [-0.39, 0.29) is 17.3 Å². The number of hydrogen-bond donors (Lipinski definition) is 2. The summed E-state index contributed by atoms with van der Waals surface area (Å²) in [5.41, 5.74) is 5.02. The normalized spacial score (nSPS) is 9.43. The van der Waals surface area contributed by atoms with Crippen molar-refractivity contribution in [3.63, 3.8) is 0 Å². The molecule has 1 rings (SSSR count). The molecule has 1 aromatic heterocycles. The van der Waals surface area contributed by atoms with Crippen molar-refractivity contribution in [2.45, 2.75) is 0 Å². The summed E-state index contributed by atoms with van der Waals surface area (Å²) in [6, 6.07) is 0. The maximum Gasteiger partial charge on any atom is 0.352 e. The van der Waals surface area contributed by atoms with Gasteiger partial charge in [0.1, 0.15) is 6.33 Å². The Kier molecular flexibility index (Phi) is 2.95. The molecule has 0 unspecified atom stereocenters. The van der Waals surface area contributed by atoms with Gasteiger partial charge in [-0.3, -0.25) is 10.1 Å². The molecule has 0 bridgehead atoms. The molecule has 1 aromatic rings. The minimum absolute atomic E-state index is 0.0994. The van der Waals surface area contributed by atoms with Crippen molar-refractivity contribution < 1.29 is 4.92 Å². The van der Waals surface area contributed by atoms with Crippen molar-refractivity contribution in [2.24, 2.45) is 0 Å². The Morgan fingerprint density at radius 2 is 2.43 bits per heavy atom. The van der Waals surface area contributed by atoms with Crippen LogP contribution in [0, 0.1) is 10.1 Å². The minimum Gasteiger partial charge on any atom is -0.378 e. The van der Waals surface area contributed by atoms with E-state index in [1.807, 2.05) is 0 Å². The Hall–Kier alpha value is -2.18. The Bertz CT molecular complexity index is 365. The van der Waals surface area contributed by atoms with Gasteiger partial charge in [0.25, 0.3) is 0 Å². The molecule has 0 radical (unpaired) electrons. The second-order valence-electron chi connectivity index (χ2n) is 2.38.